The molecule has 2 aromatic heterocycles. The van der Waals surface area contributed by atoms with Crippen LogP contribution in [0.25, 0.3) is 16.6 Å². The fourth-order valence-electron chi connectivity index (χ4n) is 4.97. The number of aromatic nitrogens is 3. The van der Waals surface area contributed by atoms with Gasteiger partial charge in [0.05, 0.1) is 17.4 Å². The molecule has 7 nitrogen and oxygen atoms in total. The highest BCUT2D eigenvalue weighted by atomic mass is 32.2. The molecule has 0 bridgehead atoms. The molecule has 9 heteroatoms. The predicted molar refractivity (Wildman–Crippen MR) is 138 cm³/mol. The van der Waals surface area contributed by atoms with Crippen molar-refractivity contribution in [1.29, 1.82) is 0 Å². The molecular formula is C27H30FN5O2S. The predicted octanol–water partition coefficient (Wildman–Crippen LogP) is 4.57. The summed E-state index contributed by atoms with van der Waals surface area (Å²) in [5.41, 5.74) is 3.85. The van der Waals surface area contributed by atoms with Crippen LogP contribution in [0.15, 0.2) is 72.0 Å². The van der Waals surface area contributed by atoms with Crippen molar-refractivity contribution in [3.8, 4) is 5.69 Å². The van der Waals surface area contributed by atoms with Crippen LogP contribution in [0.2, 0.25) is 0 Å². The van der Waals surface area contributed by atoms with Crippen LogP contribution < -0.4 is 0 Å². The Kier molecular flexibility index (Phi) is 6.63. The van der Waals surface area contributed by atoms with Gasteiger partial charge < -0.3 is 0 Å². The molecule has 36 heavy (non-hydrogen) atoms. The fraction of sp³-hybridized carbons (Fsp3) is 0.333. The Morgan fingerprint density at radius 2 is 1.86 bits per heavy atom. The van der Waals surface area contributed by atoms with Crippen LogP contribution in [0.3, 0.4) is 0 Å². The van der Waals surface area contributed by atoms with Gasteiger partial charge in [0.2, 0.25) is 0 Å². The fourth-order valence-corrected chi connectivity index (χ4v) is 6.34. The summed E-state index contributed by atoms with van der Waals surface area (Å²) in [4.78, 5) is 6.49. The van der Waals surface area contributed by atoms with Gasteiger partial charge in [-0.05, 0) is 72.5 Å². The first-order valence-corrected chi connectivity index (χ1v) is 13.6. The summed E-state index contributed by atoms with van der Waals surface area (Å²) in [6.07, 6.45) is 3.32. The molecule has 0 aliphatic carbocycles. The van der Waals surface area contributed by atoms with Gasteiger partial charge in [-0.15, -0.1) is 0 Å². The van der Waals surface area contributed by atoms with E-state index in [1.807, 2.05) is 0 Å². The first-order chi connectivity index (χ1) is 17.2. The molecule has 5 rings (SSSR count). The normalized spacial score (nSPS) is 17.8. The molecule has 0 N–H and O–H groups in total. The van der Waals surface area contributed by atoms with Crippen LogP contribution in [0.1, 0.15) is 31.0 Å². The summed E-state index contributed by atoms with van der Waals surface area (Å²) in [6, 6.07) is 15.3. The number of sulfonamides is 1. The first-order valence-electron chi connectivity index (χ1n) is 12.1. The average Bonchev–Trinajstić information content (AvgIpc) is 3.27. The molecule has 0 saturated carbocycles. The molecule has 3 heterocycles. The number of nitrogens with zero attached hydrogens (tertiary/aromatic N) is 5. The van der Waals surface area contributed by atoms with Crippen molar-refractivity contribution in [3.63, 3.8) is 0 Å². The highest BCUT2D eigenvalue weighted by Crippen LogP contribution is 2.34. The minimum Gasteiger partial charge on any atom is -0.293 e. The molecular weight excluding hydrogens is 477 g/mol. The summed E-state index contributed by atoms with van der Waals surface area (Å²) >= 11 is 0. The van der Waals surface area contributed by atoms with Crippen molar-refractivity contribution in [2.24, 2.45) is 5.92 Å². The topological polar surface area (TPSA) is 71.3 Å². The number of benzene rings is 2. The van der Waals surface area contributed by atoms with Gasteiger partial charge in [0, 0.05) is 43.8 Å². The Bertz CT molecular complexity index is 1470. The number of rotatable bonds is 6. The second kappa shape index (κ2) is 9.72. The zero-order valence-electron chi connectivity index (χ0n) is 20.7. The number of hydrogen-bond acceptors (Lipinski definition) is 5. The minimum atomic E-state index is -3.70. The van der Waals surface area contributed by atoms with Crippen molar-refractivity contribution in [3.05, 3.63) is 83.9 Å². The maximum atomic E-state index is 13.4. The Balaban J connectivity index is 1.53. The van der Waals surface area contributed by atoms with Gasteiger partial charge in [0.1, 0.15) is 5.82 Å². The van der Waals surface area contributed by atoms with Crippen LogP contribution in [0.5, 0.6) is 0 Å². The van der Waals surface area contributed by atoms with Crippen molar-refractivity contribution in [1.82, 2.24) is 24.0 Å². The van der Waals surface area contributed by atoms with E-state index in [-0.39, 0.29) is 16.9 Å². The van der Waals surface area contributed by atoms with Gasteiger partial charge in [-0.25, -0.2) is 22.5 Å². The molecule has 0 unspecified atom stereocenters. The maximum Gasteiger partial charge on any atom is 0.260 e. The third-order valence-corrected chi connectivity index (χ3v) is 8.46. The van der Waals surface area contributed by atoms with E-state index in [2.05, 4.69) is 47.9 Å². The second-order valence-electron chi connectivity index (χ2n) is 9.74. The van der Waals surface area contributed by atoms with Crippen LogP contribution in [-0.2, 0) is 10.0 Å². The summed E-state index contributed by atoms with van der Waals surface area (Å²) in [7, 11) is -3.70. The summed E-state index contributed by atoms with van der Waals surface area (Å²) in [5.74, 6) is 0.151. The molecule has 1 saturated heterocycles. The zero-order valence-corrected chi connectivity index (χ0v) is 21.5. The molecule has 1 atom stereocenters. The van der Waals surface area contributed by atoms with Crippen molar-refractivity contribution in [2.45, 2.75) is 31.8 Å². The lowest BCUT2D eigenvalue weighted by Crippen LogP contribution is -2.51. The molecule has 1 aliphatic rings. The lowest BCUT2D eigenvalue weighted by Gasteiger charge is -2.42. The maximum absolute atomic E-state index is 13.4. The van der Waals surface area contributed by atoms with Crippen LogP contribution in [0, 0.1) is 18.7 Å². The third-order valence-electron chi connectivity index (χ3n) is 6.68. The van der Waals surface area contributed by atoms with Crippen LogP contribution in [0.4, 0.5) is 4.39 Å². The zero-order chi connectivity index (χ0) is 25.4. The minimum absolute atomic E-state index is 0.0776. The number of halogens is 1. The largest absolute Gasteiger partial charge is 0.293 e. The second-order valence-corrected chi connectivity index (χ2v) is 11.6. The van der Waals surface area contributed by atoms with E-state index in [9.17, 15) is 12.8 Å². The van der Waals surface area contributed by atoms with E-state index in [1.54, 1.807) is 45.5 Å². The summed E-state index contributed by atoms with van der Waals surface area (Å²) in [5, 5.41) is 5.58. The van der Waals surface area contributed by atoms with Crippen LogP contribution >= 0.6 is 0 Å². The lowest BCUT2D eigenvalue weighted by atomic mass is 9.96. The highest BCUT2D eigenvalue weighted by molar-refractivity contribution is 7.89. The van der Waals surface area contributed by atoms with E-state index in [0.29, 0.717) is 25.6 Å². The van der Waals surface area contributed by atoms with E-state index >= 15 is 0 Å². The van der Waals surface area contributed by atoms with Gasteiger partial charge in [-0.1, -0.05) is 19.9 Å². The smallest absolute Gasteiger partial charge is 0.260 e. The molecule has 0 radical (unpaired) electrons. The summed E-state index contributed by atoms with van der Waals surface area (Å²) < 4.78 is 43.5. The third kappa shape index (κ3) is 4.66. The van der Waals surface area contributed by atoms with Gasteiger partial charge in [-0.2, -0.15) is 9.40 Å². The van der Waals surface area contributed by atoms with Crippen LogP contribution in [-0.4, -0.2) is 58.6 Å². The standard InChI is InChI=1S/C27H30FN5O2S/c1-19(2)17-31-12-13-32(36(34,35)27-6-4-5-11-29-27)18-26(31)24-15-21-16-30-33(25(21)14-20(24)3)23-9-7-22(28)8-10-23/h4-11,14-16,19,26H,12-13,17-18H2,1-3H3/t26-/m1/s1. The quantitative estimate of drug-likeness (QED) is 0.382. The number of pyridine rings is 1. The number of fused-ring (bicyclic) bond motifs is 1. The first kappa shape index (κ1) is 24.5. The molecule has 1 fully saturated rings. The molecule has 0 spiro atoms. The highest BCUT2D eigenvalue weighted by Gasteiger charge is 2.36. The SMILES string of the molecule is Cc1cc2c(cnn2-c2ccc(F)cc2)cc1[C@H]1CN(S(=O)(=O)c2ccccn2)CCN1CC(C)C. The molecule has 188 valence electrons. The van der Waals surface area contributed by atoms with E-state index in [4.69, 9.17) is 0 Å². The van der Waals surface area contributed by atoms with Crippen molar-refractivity contribution < 1.29 is 12.8 Å². The van der Waals surface area contributed by atoms with Gasteiger partial charge in [-0.3, -0.25) is 4.90 Å². The monoisotopic (exact) mass is 507 g/mol. The Morgan fingerprint density at radius 3 is 2.56 bits per heavy atom. The number of hydrogen-bond donors (Lipinski definition) is 0. The van der Waals surface area contributed by atoms with Crippen molar-refractivity contribution >= 4 is 20.9 Å². The van der Waals surface area contributed by atoms with Gasteiger partial charge in [0.25, 0.3) is 10.0 Å². The van der Waals surface area contributed by atoms with Gasteiger partial charge >= 0.3 is 0 Å². The number of aryl methyl sites for hydroxylation is 1. The Hall–Kier alpha value is -3.14. The molecule has 2 aromatic carbocycles. The molecule has 4 aromatic rings. The Labute approximate surface area is 211 Å². The Morgan fingerprint density at radius 1 is 1.08 bits per heavy atom. The van der Waals surface area contributed by atoms with E-state index in [1.165, 1.54) is 18.3 Å². The molecule has 1 aliphatic heterocycles. The van der Waals surface area contributed by atoms with E-state index in [0.717, 1.165) is 34.3 Å². The molecule has 0 amide bonds. The van der Waals surface area contributed by atoms with E-state index < -0.39 is 10.0 Å². The number of piperazine rings is 1. The summed E-state index contributed by atoms with van der Waals surface area (Å²) in [6.45, 7) is 8.69. The van der Waals surface area contributed by atoms with Gasteiger partial charge in [0.15, 0.2) is 5.03 Å². The van der Waals surface area contributed by atoms with Crippen molar-refractivity contribution in [2.75, 3.05) is 26.2 Å². The lowest BCUT2D eigenvalue weighted by molar-refractivity contribution is 0.105. The average molecular weight is 508 g/mol.